The molecular formula is C83H162O17P2. The molecule has 606 valence electrons. The van der Waals surface area contributed by atoms with E-state index in [2.05, 4.69) is 55.4 Å². The van der Waals surface area contributed by atoms with Crippen LogP contribution >= 0.6 is 15.6 Å². The Kier molecular flexibility index (Phi) is 70.6. The van der Waals surface area contributed by atoms with E-state index >= 15 is 0 Å². The van der Waals surface area contributed by atoms with Gasteiger partial charge in [-0.2, -0.15) is 0 Å². The van der Waals surface area contributed by atoms with Crippen molar-refractivity contribution in [1.82, 2.24) is 0 Å². The third-order valence-corrected chi connectivity index (χ3v) is 21.6. The lowest BCUT2D eigenvalue weighted by atomic mass is 9.99. The quantitative estimate of drug-likeness (QED) is 0.0222. The first kappa shape index (κ1) is 100. The van der Waals surface area contributed by atoms with Gasteiger partial charge in [-0.15, -0.1) is 0 Å². The monoisotopic (exact) mass is 1490 g/mol. The molecule has 0 aliphatic carbocycles. The van der Waals surface area contributed by atoms with Crippen molar-refractivity contribution in [2.75, 3.05) is 39.6 Å². The van der Waals surface area contributed by atoms with Gasteiger partial charge >= 0.3 is 39.5 Å². The Bertz CT molecular complexity index is 1990. The molecule has 0 saturated carbocycles. The predicted molar refractivity (Wildman–Crippen MR) is 418 cm³/mol. The minimum atomic E-state index is -4.96. The summed E-state index contributed by atoms with van der Waals surface area (Å²) in [5.41, 5.74) is 0. The Hall–Kier alpha value is -1.94. The van der Waals surface area contributed by atoms with Crippen LogP contribution < -0.4 is 0 Å². The second-order valence-electron chi connectivity index (χ2n) is 31.5. The molecule has 3 unspecified atom stereocenters. The van der Waals surface area contributed by atoms with Gasteiger partial charge in [0.15, 0.2) is 12.2 Å². The molecule has 0 aromatic rings. The van der Waals surface area contributed by atoms with E-state index in [4.69, 9.17) is 37.0 Å². The van der Waals surface area contributed by atoms with Gasteiger partial charge in [0, 0.05) is 25.7 Å². The minimum Gasteiger partial charge on any atom is -0.462 e. The number of aliphatic hydroxyl groups excluding tert-OH is 1. The van der Waals surface area contributed by atoms with Crippen LogP contribution in [-0.2, 0) is 65.4 Å². The maximum Gasteiger partial charge on any atom is 0.472 e. The number of unbranched alkanes of at least 4 members (excludes halogenated alkanes) is 45. The van der Waals surface area contributed by atoms with Gasteiger partial charge in [0.05, 0.1) is 26.4 Å². The molecule has 0 aliphatic heterocycles. The molecule has 0 amide bonds. The second kappa shape index (κ2) is 72.0. The van der Waals surface area contributed by atoms with Crippen molar-refractivity contribution in [3.8, 4) is 0 Å². The zero-order chi connectivity index (χ0) is 75.3. The summed E-state index contributed by atoms with van der Waals surface area (Å²) in [4.78, 5) is 73.2. The van der Waals surface area contributed by atoms with Crippen molar-refractivity contribution in [1.29, 1.82) is 0 Å². The van der Waals surface area contributed by atoms with E-state index in [9.17, 15) is 43.2 Å². The summed E-state index contributed by atoms with van der Waals surface area (Å²) >= 11 is 0. The van der Waals surface area contributed by atoms with Gasteiger partial charge in [-0.1, -0.05) is 376 Å². The van der Waals surface area contributed by atoms with Crippen molar-refractivity contribution >= 4 is 39.5 Å². The number of phosphoric ester groups is 2. The predicted octanol–water partition coefficient (Wildman–Crippen LogP) is 24.8. The molecule has 17 nitrogen and oxygen atoms in total. The first-order valence-corrected chi connectivity index (χ1v) is 45.7. The van der Waals surface area contributed by atoms with Gasteiger partial charge in [0.1, 0.15) is 19.3 Å². The summed E-state index contributed by atoms with van der Waals surface area (Å²) in [5.74, 6) is 1.05. The third-order valence-electron chi connectivity index (χ3n) is 19.7. The standard InChI is InChI=1S/C83H162O17P2/c1-9-76(8)62-54-46-38-30-24-26-34-42-50-58-66-83(88)100-79(70-94-81(86)64-56-48-40-32-25-23-29-37-45-53-61-75(6)7)72-98-102(91,92)96-68-77(84)67-95-101(89,90)97-71-78(69-93-80(85)63-55-47-39-31-21-18-14-16-20-28-36-44-52-60-74(4)5)99-82(87)65-57-49-41-33-22-17-13-11-10-12-15-19-27-35-43-51-59-73(2)3/h73-79,84H,9-72H2,1-8H3,(H,89,90)(H,91,92)/t76?,77-,78-,79-/m1/s1. The third kappa shape index (κ3) is 74.9. The maximum atomic E-state index is 13.1. The summed E-state index contributed by atoms with van der Waals surface area (Å²) in [6.07, 6.45) is 59.5. The highest BCUT2D eigenvalue weighted by molar-refractivity contribution is 7.47. The average molecular weight is 1490 g/mol. The van der Waals surface area contributed by atoms with Crippen molar-refractivity contribution in [3.63, 3.8) is 0 Å². The average Bonchev–Trinajstić information content (AvgIpc) is 0.917. The highest BCUT2D eigenvalue weighted by Crippen LogP contribution is 2.45. The number of rotatable bonds is 80. The molecule has 0 aromatic heterocycles. The van der Waals surface area contributed by atoms with Crippen LogP contribution in [0.3, 0.4) is 0 Å². The number of ether oxygens (including phenoxy) is 4. The number of hydrogen-bond donors (Lipinski definition) is 3. The van der Waals surface area contributed by atoms with E-state index in [0.29, 0.717) is 25.7 Å². The molecule has 19 heteroatoms. The van der Waals surface area contributed by atoms with E-state index < -0.39 is 97.5 Å². The number of phosphoric acid groups is 2. The van der Waals surface area contributed by atoms with Gasteiger partial charge < -0.3 is 33.8 Å². The summed E-state index contributed by atoms with van der Waals surface area (Å²) in [7, 11) is -9.93. The minimum absolute atomic E-state index is 0.106. The molecule has 0 rings (SSSR count). The van der Waals surface area contributed by atoms with E-state index in [1.54, 1.807) is 0 Å². The number of carbonyl (C=O) groups excluding carboxylic acids is 4. The zero-order valence-electron chi connectivity index (χ0n) is 67.2. The Morgan fingerprint density at radius 1 is 0.275 bits per heavy atom. The molecule has 0 aliphatic rings. The van der Waals surface area contributed by atoms with Crippen LogP contribution in [0.1, 0.15) is 428 Å². The Morgan fingerprint density at radius 3 is 0.696 bits per heavy atom. The summed E-state index contributed by atoms with van der Waals surface area (Å²) in [6, 6.07) is 0. The topological polar surface area (TPSA) is 237 Å². The van der Waals surface area contributed by atoms with Crippen LogP contribution in [0.25, 0.3) is 0 Å². The highest BCUT2D eigenvalue weighted by atomic mass is 31.2. The van der Waals surface area contributed by atoms with Crippen molar-refractivity contribution in [2.45, 2.75) is 446 Å². The van der Waals surface area contributed by atoms with Gasteiger partial charge in [-0.3, -0.25) is 37.3 Å². The van der Waals surface area contributed by atoms with Crippen molar-refractivity contribution in [3.05, 3.63) is 0 Å². The zero-order valence-corrected chi connectivity index (χ0v) is 69.0. The normalized spacial score (nSPS) is 14.3. The molecular weight excluding hydrogens is 1330 g/mol. The van der Waals surface area contributed by atoms with E-state index in [1.165, 1.54) is 231 Å². The van der Waals surface area contributed by atoms with Crippen molar-refractivity contribution in [2.24, 2.45) is 23.7 Å². The van der Waals surface area contributed by atoms with Crippen LogP contribution in [-0.4, -0.2) is 96.7 Å². The Balaban J connectivity index is 5.27. The number of hydrogen-bond acceptors (Lipinski definition) is 15. The fourth-order valence-electron chi connectivity index (χ4n) is 12.8. The van der Waals surface area contributed by atoms with Gasteiger partial charge in [0.25, 0.3) is 0 Å². The highest BCUT2D eigenvalue weighted by Gasteiger charge is 2.30. The fraction of sp³-hybridized carbons (Fsp3) is 0.952. The van der Waals surface area contributed by atoms with Gasteiger partial charge in [0.2, 0.25) is 0 Å². The van der Waals surface area contributed by atoms with Crippen LogP contribution in [0.4, 0.5) is 0 Å². The number of carbonyl (C=O) groups is 4. The smallest absolute Gasteiger partial charge is 0.462 e. The number of aliphatic hydroxyl groups is 1. The molecule has 6 atom stereocenters. The van der Waals surface area contributed by atoms with Crippen LogP contribution in [0, 0.1) is 23.7 Å². The van der Waals surface area contributed by atoms with Crippen molar-refractivity contribution < 1.29 is 80.2 Å². The van der Waals surface area contributed by atoms with E-state index in [0.717, 1.165) is 114 Å². The van der Waals surface area contributed by atoms with Crippen LogP contribution in [0.2, 0.25) is 0 Å². The molecule has 0 aromatic carbocycles. The molecule has 0 heterocycles. The van der Waals surface area contributed by atoms with E-state index in [1.807, 2.05) is 0 Å². The lowest BCUT2D eigenvalue weighted by Crippen LogP contribution is -2.30. The Labute approximate surface area is 626 Å². The van der Waals surface area contributed by atoms with Crippen LogP contribution in [0.5, 0.6) is 0 Å². The SMILES string of the molecule is CCC(C)CCCCCCCCCCCCC(=O)O[C@H](COC(=O)CCCCCCCCCCCCC(C)C)COP(=O)(O)OC[C@H](O)COP(=O)(O)OC[C@@H](COC(=O)CCCCCCCCCCCCCCCC(C)C)OC(=O)CCCCCCCCCCCCCCCCCCC(C)C. The van der Waals surface area contributed by atoms with Gasteiger partial charge in [-0.25, -0.2) is 9.13 Å². The lowest BCUT2D eigenvalue weighted by Gasteiger charge is -2.21. The second-order valence-corrected chi connectivity index (χ2v) is 34.4. The molecule has 0 bridgehead atoms. The molecule has 0 saturated heterocycles. The lowest BCUT2D eigenvalue weighted by molar-refractivity contribution is -0.161. The van der Waals surface area contributed by atoms with Gasteiger partial charge in [-0.05, 0) is 49.4 Å². The summed E-state index contributed by atoms with van der Waals surface area (Å²) in [5, 5.41) is 10.7. The first-order valence-electron chi connectivity index (χ1n) is 42.7. The molecule has 3 N–H and O–H groups in total. The number of esters is 4. The maximum absolute atomic E-state index is 13.1. The molecule has 102 heavy (non-hydrogen) atoms. The molecule has 0 radical (unpaired) electrons. The largest absolute Gasteiger partial charge is 0.472 e. The fourth-order valence-corrected chi connectivity index (χ4v) is 14.3. The summed E-state index contributed by atoms with van der Waals surface area (Å²) < 4.78 is 68.8. The first-order chi connectivity index (χ1) is 49.1. The molecule has 0 fully saturated rings. The van der Waals surface area contributed by atoms with E-state index in [-0.39, 0.29) is 25.7 Å². The summed E-state index contributed by atoms with van der Waals surface area (Å²) in [6.45, 7) is 14.3. The molecule has 0 spiro atoms. The Morgan fingerprint density at radius 2 is 0.471 bits per heavy atom. The van der Waals surface area contributed by atoms with Crippen LogP contribution in [0.15, 0.2) is 0 Å².